The van der Waals surface area contributed by atoms with Crippen molar-refractivity contribution < 1.29 is 0 Å². The smallest absolute Gasteiger partial charge is 0.266 e. The molecule has 0 bridgehead atoms. The van der Waals surface area contributed by atoms with Gasteiger partial charge in [-0.2, -0.15) is 5.10 Å². The summed E-state index contributed by atoms with van der Waals surface area (Å²) in [5.74, 6) is 0. The summed E-state index contributed by atoms with van der Waals surface area (Å²) in [7, 11) is 0. The van der Waals surface area contributed by atoms with Crippen molar-refractivity contribution in [2.45, 2.75) is 39.3 Å². The molecule has 0 radical (unpaired) electrons. The van der Waals surface area contributed by atoms with Gasteiger partial charge in [-0.15, -0.1) is 0 Å². The van der Waals surface area contributed by atoms with Crippen LogP contribution in [0.25, 0.3) is 0 Å². The lowest BCUT2D eigenvalue weighted by molar-refractivity contribution is 0.122. The molecule has 0 amide bonds. The minimum absolute atomic E-state index is 0.0202. The highest BCUT2D eigenvalue weighted by Crippen LogP contribution is 2.18. The van der Waals surface area contributed by atoms with E-state index in [-0.39, 0.29) is 11.0 Å². The average molecular weight is 355 g/mol. The van der Waals surface area contributed by atoms with Gasteiger partial charge in [0, 0.05) is 63.1 Å². The van der Waals surface area contributed by atoms with Gasteiger partial charge in [0.05, 0.1) is 12.2 Å². The first-order valence-corrected chi connectivity index (χ1v) is 9.34. The fourth-order valence-corrected chi connectivity index (χ4v) is 3.17. The van der Waals surface area contributed by atoms with Gasteiger partial charge in [-0.05, 0) is 17.7 Å². The summed E-state index contributed by atoms with van der Waals surface area (Å²) in [5.41, 5.74) is 2.15. The number of pyridine rings is 1. The molecule has 6 nitrogen and oxygen atoms in total. The minimum Gasteiger partial charge on any atom is -0.299 e. The zero-order chi connectivity index (χ0) is 18.6. The Bertz CT molecular complexity index is 758. The zero-order valence-electron chi connectivity index (χ0n) is 16.1. The van der Waals surface area contributed by atoms with Crippen LogP contribution in [0.2, 0.25) is 0 Å². The molecule has 3 rings (SSSR count). The van der Waals surface area contributed by atoms with Crippen molar-refractivity contribution >= 4 is 0 Å². The third kappa shape index (κ3) is 4.99. The first kappa shape index (κ1) is 18.7. The first-order chi connectivity index (χ1) is 12.4. The summed E-state index contributed by atoms with van der Waals surface area (Å²) < 4.78 is 1.61. The first-order valence-electron chi connectivity index (χ1n) is 9.34. The summed E-state index contributed by atoms with van der Waals surface area (Å²) in [6.07, 6.45) is 3.75. The Morgan fingerprint density at radius 2 is 1.73 bits per heavy atom. The van der Waals surface area contributed by atoms with Gasteiger partial charge in [-0.25, -0.2) is 4.68 Å². The second-order valence-corrected chi connectivity index (χ2v) is 8.01. The van der Waals surface area contributed by atoms with E-state index in [1.54, 1.807) is 10.7 Å². The van der Waals surface area contributed by atoms with Crippen LogP contribution in [0.1, 0.15) is 32.0 Å². The van der Waals surface area contributed by atoms with Crippen LogP contribution in [0.5, 0.6) is 0 Å². The van der Waals surface area contributed by atoms with Crippen LogP contribution in [0.15, 0.2) is 41.5 Å². The van der Waals surface area contributed by atoms with Crippen molar-refractivity contribution in [2.24, 2.45) is 0 Å². The molecule has 6 heteroatoms. The van der Waals surface area contributed by atoms with Gasteiger partial charge in [0.1, 0.15) is 0 Å². The topological polar surface area (TPSA) is 54.3 Å². The largest absolute Gasteiger partial charge is 0.299 e. The predicted molar refractivity (Wildman–Crippen MR) is 103 cm³/mol. The molecule has 26 heavy (non-hydrogen) atoms. The summed E-state index contributed by atoms with van der Waals surface area (Å²) in [5, 5.41) is 4.56. The molecule has 1 aliphatic rings. The van der Waals surface area contributed by atoms with Crippen LogP contribution in [-0.4, -0.2) is 57.3 Å². The maximum atomic E-state index is 12.1. The lowest BCUT2D eigenvalue weighted by Gasteiger charge is -2.34. The van der Waals surface area contributed by atoms with Crippen molar-refractivity contribution in [3.63, 3.8) is 0 Å². The second kappa shape index (κ2) is 8.10. The zero-order valence-corrected chi connectivity index (χ0v) is 16.1. The van der Waals surface area contributed by atoms with Crippen molar-refractivity contribution in [1.82, 2.24) is 24.6 Å². The van der Waals surface area contributed by atoms with E-state index in [0.717, 1.165) is 45.0 Å². The maximum absolute atomic E-state index is 12.1. The van der Waals surface area contributed by atoms with E-state index in [9.17, 15) is 4.79 Å². The molecule has 2 aromatic heterocycles. The number of rotatable bonds is 5. The van der Waals surface area contributed by atoms with Crippen LogP contribution < -0.4 is 5.56 Å². The molecule has 0 unspecified atom stereocenters. The van der Waals surface area contributed by atoms with Crippen LogP contribution in [0, 0.1) is 0 Å². The quantitative estimate of drug-likeness (QED) is 0.818. The predicted octanol–water partition coefficient (Wildman–Crippen LogP) is 1.75. The Kier molecular flexibility index (Phi) is 5.84. The fraction of sp³-hybridized carbons (Fsp3) is 0.550. The molecule has 1 fully saturated rings. The molecule has 0 saturated carbocycles. The second-order valence-electron chi connectivity index (χ2n) is 8.01. The highest BCUT2D eigenvalue weighted by Gasteiger charge is 2.19. The van der Waals surface area contributed by atoms with Gasteiger partial charge in [0.2, 0.25) is 0 Å². The van der Waals surface area contributed by atoms with Gasteiger partial charge in [-0.1, -0.05) is 26.8 Å². The SMILES string of the molecule is CC(C)(C)c1ccc(=O)n(CCN2CCN(Cc3cccnc3)CC2)n1. The fourth-order valence-electron chi connectivity index (χ4n) is 3.17. The van der Waals surface area contributed by atoms with Crippen molar-refractivity contribution in [2.75, 3.05) is 32.7 Å². The Balaban J connectivity index is 1.50. The number of hydrogen-bond donors (Lipinski definition) is 0. The highest BCUT2D eigenvalue weighted by molar-refractivity contribution is 5.11. The van der Waals surface area contributed by atoms with Crippen molar-refractivity contribution in [1.29, 1.82) is 0 Å². The van der Waals surface area contributed by atoms with E-state index >= 15 is 0 Å². The number of nitrogens with zero attached hydrogens (tertiary/aromatic N) is 5. The van der Waals surface area contributed by atoms with Crippen LogP contribution in [0.4, 0.5) is 0 Å². The number of hydrogen-bond acceptors (Lipinski definition) is 5. The van der Waals surface area contributed by atoms with Gasteiger partial charge in [0.15, 0.2) is 0 Å². The van der Waals surface area contributed by atoms with Gasteiger partial charge < -0.3 is 0 Å². The summed E-state index contributed by atoms with van der Waals surface area (Å²) >= 11 is 0. The molecule has 0 aliphatic carbocycles. The lowest BCUT2D eigenvalue weighted by atomic mass is 9.92. The van der Waals surface area contributed by atoms with Gasteiger partial charge >= 0.3 is 0 Å². The molecular formula is C20H29N5O. The van der Waals surface area contributed by atoms with E-state index < -0.39 is 0 Å². The number of aromatic nitrogens is 3. The Labute approximate surface area is 155 Å². The average Bonchev–Trinajstić information content (AvgIpc) is 2.62. The van der Waals surface area contributed by atoms with Crippen LogP contribution in [-0.2, 0) is 18.5 Å². The van der Waals surface area contributed by atoms with E-state index in [4.69, 9.17) is 0 Å². The van der Waals surface area contributed by atoms with Crippen molar-refractivity contribution in [3.8, 4) is 0 Å². The third-order valence-electron chi connectivity index (χ3n) is 4.86. The van der Waals surface area contributed by atoms with Gasteiger partial charge in [-0.3, -0.25) is 19.6 Å². The molecule has 1 aliphatic heterocycles. The van der Waals surface area contributed by atoms with Crippen LogP contribution in [0.3, 0.4) is 0 Å². The van der Waals surface area contributed by atoms with Crippen molar-refractivity contribution in [3.05, 3.63) is 58.3 Å². The van der Waals surface area contributed by atoms with Gasteiger partial charge in [0.25, 0.3) is 5.56 Å². The molecule has 1 saturated heterocycles. The van der Waals surface area contributed by atoms with E-state index in [2.05, 4.69) is 46.7 Å². The summed E-state index contributed by atoms with van der Waals surface area (Å²) in [4.78, 5) is 21.1. The molecule has 0 atom stereocenters. The molecular weight excluding hydrogens is 326 g/mol. The standard InChI is InChI=1S/C20H29N5O/c1-20(2,3)18-6-7-19(26)25(22-18)14-13-23-9-11-24(12-10-23)16-17-5-4-8-21-15-17/h4-8,15H,9-14,16H2,1-3H3. The minimum atomic E-state index is -0.0482. The lowest BCUT2D eigenvalue weighted by Crippen LogP contribution is -2.47. The molecule has 0 N–H and O–H groups in total. The third-order valence-corrected chi connectivity index (χ3v) is 4.86. The van der Waals surface area contributed by atoms with Crippen LogP contribution >= 0.6 is 0 Å². The monoisotopic (exact) mass is 355 g/mol. The highest BCUT2D eigenvalue weighted by atomic mass is 16.1. The van der Waals surface area contributed by atoms with E-state index in [0.29, 0.717) is 6.54 Å². The normalized spacial score (nSPS) is 16.7. The van der Waals surface area contributed by atoms with E-state index in [1.807, 2.05) is 24.5 Å². The number of piperazine rings is 1. The molecule has 0 spiro atoms. The Morgan fingerprint density at radius 1 is 1.00 bits per heavy atom. The summed E-state index contributed by atoms with van der Waals surface area (Å²) in [6, 6.07) is 7.59. The maximum Gasteiger partial charge on any atom is 0.266 e. The summed E-state index contributed by atoms with van der Waals surface area (Å²) in [6.45, 7) is 12.9. The van der Waals surface area contributed by atoms with E-state index in [1.165, 1.54) is 5.56 Å². The Morgan fingerprint density at radius 3 is 2.38 bits per heavy atom. The molecule has 2 aromatic rings. The molecule has 140 valence electrons. The Hall–Kier alpha value is -2.05. The molecule has 0 aromatic carbocycles. The molecule has 3 heterocycles.